The van der Waals surface area contributed by atoms with Gasteiger partial charge in [0, 0.05) is 17.5 Å². The Hall–Kier alpha value is -2.21. The van der Waals surface area contributed by atoms with E-state index in [1.807, 2.05) is 29.2 Å². The first-order valence-electron chi connectivity index (χ1n) is 8.41. The van der Waals surface area contributed by atoms with Gasteiger partial charge in [0.1, 0.15) is 5.69 Å². The van der Waals surface area contributed by atoms with Crippen LogP contribution in [0, 0.1) is 5.92 Å². The van der Waals surface area contributed by atoms with Crippen LogP contribution in [0.3, 0.4) is 0 Å². The SMILES string of the molecule is NC[C@H]1C[C@H](n2cc(-n3ncc4cccnc43)c(C3CC3)n2)C1. The third-order valence-corrected chi connectivity index (χ3v) is 5.18. The van der Waals surface area contributed by atoms with Gasteiger partial charge in [-0.15, -0.1) is 0 Å². The van der Waals surface area contributed by atoms with Crippen LogP contribution in [0.4, 0.5) is 0 Å². The molecule has 0 spiro atoms. The van der Waals surface area contributed by atoms with E-state index in [0.717, 1.165) is 36.1 Å². The van der Waals surface area contributed by atoms with E-state index < -0.39 is 0 Å². The van der Waals surface area contributed by atoms with Crippen LogP contribution in [0.25, 0.3) is 16.7 Å². The Morgan fingerprint density at radius 3 is 2.91 bits per heavy atom. The molecule has 5 rings (SSSR count). The number of hydrogen-bond donors (Lipinski definition) is 1. The average molecular weight is 308 g/mol. The first-order valence-corrected chi connectivity index (χ1v) is 8.41. The molecule has 3 heterocycles. The second kappa shape index (κ2) is 4.89. The summed E-state index contributed by atoms with van der Waals surface area (Å²) in [5.41, 5.74) is 8.93. The Morgan fingerprint density at radius 1 is 1.26 bits per heavy atom. The van der Waals surface area contributed by atoms with E-state index in [2.05, 4.69) is 21.0 Å². The van der Waals surface area contributed by atoms with E-state index >= 15 is 0 Å². The molecule has 2 N–H and O–H groups in total. The maximum absolute atomic E-state index is 5.75. The minimum Gasteiger partial charge on any atom is -0.330 e. The van der Waals surface area contributed by atoms with Crippen LogP contribution in [0.2, 0.25) is 0 Å². The van der Waals surface area contributed by atoms with Gasteiger partial charge in [0.05, 0.1) is 24.1 Å². The third-order valence-electron chi connectivity index (χ3n) is 5.18. The number of nitrogens with zero attached hydrogens (tertiary/aromatic N) is 5. The van der Waals surface area contributed by atoms with Crippen molar-refractivity contribution in [1.82, 2.24) is 24.5 Å². The summed E-state index contributed by atoms with van der Waals surface area (Å²) < 4.78 is 4.09. The van der Waals surface area contributed by atoms with Crippen LogP contribution in [-0.4, -0.2) is 31.1 Å². The van der Waals surface area contributed by atoms with Gasteiger partial charge in [-0.2, -0.15) is 10.2 Å². The van der Waals surface area contributed by atoms with Gasteiger partial charge in [0.2, 0.25) is 0 Å². The highest BCUT2D eigenvalue weighted by atomic mass is 15.4. The van der Waals surface area contributed by atoms with E-state index in [0.29, 0.717) is 17.9 Å². The van der Waals surface area contributed by atoms with Gasteiger partial charge in [0.15, 0.2) is 5.65 Å². The second-order valence-electron chi connectivity index (χ2n) is 6.85. The predicted octanol–water partition coefficient (Wildman–Crippen LogP) is 2.40. The fourth-order valence-electron chi connectivity index (χ4n) is 3.54. The molecule has 0 radical (unpaired) electrons. The number of hydrogen-bond acceptors (Lipinski definition) is 4. The summed E-state index contributed by atoms with van der Waals surface area (Å²) in [6, 6.07) is 4.48. The monoisotopic (exact) mass is 308 g/mol. The molecule has 2 fully saturated rings. The Labute approximate surface area is 134 Å². The van der Waals surface area contributed by atoms with Gasteiger partial charge in [-0.3, -0.25) is 4.68 Å². The normalized spacial score (nSPS) is 24.0. The van der Waals surface area contributed by atoms with Crippen molar-refractivity contribution in [3.05, 3.63) is 36.4 Å². The quantitative estimate of drug-likeness (QED) is 0.803. The van der Waals surface area contributed by atoms with Gasteiger partial charge in [-0.25, -0.2) is 9.67 Å². The largest absolute Gasteiger partial charge is 0.330 e. The lowest BCUT2D eigenvalue weighted by Crippen LogP contribution is -2.32. The van der Waals surface area contributed by atoms with Gasteiger partial charge in [-0.05, 0) is 50.3 Å². The molecular weight excluding hydrogens is 288 g/mol. The molecule has 0 bridgehead atoms. The minimum absolute atomic E-state index is 0.490. The predicted molar refractivity (Wildman–Crippen MR) is 87.4 cm³/mol. The van der Waals surface area contributed by atoms with Crippen LogP contribution in [0.1, 0.15) is 43.3 Å². The Bertz CT molecular complexity index is 853. The van der Waals surface area contributed by atoms with Gasteiger partial charge < -0.3 is 5.73 Å². The van der Waals surface area contributed by atoms with E-state index in [4.69, 9.17) is 10.8 Å². The van der Waals surface area contributed by atoms with Crippen molar-refractivity contribution in [2.45, 2.75) is 37.6 Å². The zero-order valence-electron chi connectivity index (χ0n) is 13.0. The molecule has 23 heavy (non-hydrogen) atoms. The maximum Gasteiger partial charge on any atom is 0.163 e. The molecule has 6 heteroatoms. The van der Waals surface area contributed by atoms with Crippen molar-refractivity contribution in [2.24, 2.45) is 11.7 Å². The van der Waals surface area contributed by atoms with Crippen LogP contribution >= 0.6 is 0 Å². The minimum atomic E-state index is 0.490. The highest BCUT2D eigenvalue weighted by Crippen LogP contribution is 2.44. The number of rotatable bonds is 4. The molecule has 0 saturated heterocycles. The topological polar surface area (TPSA) is 74.5 Å². The smallest absolute Gasteiger partial charge is 0.163 e. The average Bonchev–Trinajstić information content (AvgIpc) is 3.15. The van der Waals surface area contributed by atoms with Crippen LogP contribution in [0.5, 0.6) is 0 Å². The number of pyridine rings is 1. The fourth-order valence-corrected chi connectivity index (χ4v) is 3.54. The van der Waals surface area contributed by atoms with Crippen LogP contribution < -0.4 is 5.73 Å². The molecule has 2 saturated carbocycles. The summed E-state index contributed by atoms with van der Waals surface area (Å²) in [5.74, 6) is 1.24. The Balaban J connectivity index is 1.58. The molecule has 2 aliphatic carbocycles. The lowest BCUT2D eigenvalue weighted by Gasteiger charge is -2.34. The van der Waals surface area contributed by atoms with Crippen molar-refractivity contribution < 1.29 is 0 Å². The van der Waals surface area contributed by atoms with Crippen molar-refractivity contribution in [3.8, 4) is 5.69 Å². The lowest BCUT2D eigenvalue weighted by molar-refractivity contribution is 0.189. The van der Waals surface area contributed by atoms with Crippen LogP contribution in [0.15, 0.2) is 30.7 Å². The summed E-state index contributed by atoms with van der Waals surface area (Å²) in [6.45, 7) is 0.786. The number of fused-ring (bicyclic) bond motifs is 1. The first kappa shape index (κ1) is 13.2. The molecule has 0 unspecified atom stereocenters. The Kier molecular flexibility index (Phi) is 2.82. The lowest BCUT2D eigenvalue weighted by atomic mass is 9.80. The molecule has 3 aromatic rings. The zero-order valence-corrected chi connectivity index (χ0v) is 13.0. The summed E-state index contributed by atoms with van der Waals surface area (Å²) in [7, 11) is 0. The molecule has 0 amide bonds. The van der Waals surface area contributed by atoms with E-state index in [-0.39, 0.29) is 0 Å². The van der Waals surface area contributed by atoms with Gasteiger partial charge in [-0.1, -0.05) is 0 Å². The van der Waals surface area contributed by atoms with Gasteiger partial charge in [0.25, 0.3) is 0 Å². The Morgan fingerprint density at radius 2 is 2.13 bits per heavy atom. The van der Waals surface area contributed by atoms with Crippen molar-refractivity contribution in [1.29, 1.82) is 0 Å². The molecule has 3 aromatic heterocycles. The standard InChI is InChI=1S/C17H20N6/c18-8-11-6-14(7-11)22-10-15(16(21-22)12-3-4-12)23-17-13(9-20-23)2-1-5-19-17/h1-2,5,9-12,14H,3-4,6-8,18H2/t11-,14-. The summed E-state index contributed by atoms with van der Waals surface area (Å²) in [6.07, 6.45) is 10.6. The zero-order chi connectivity index (χ0) is 15.4. The maximum atomic E-state index is 5.75. The van der Waals surface area contributed by atoms with Crippen molar-refractivity contribution in [2.75, 3.05) is 6.54 Å². The molecule has 0 atom stereocenters. The molecule has 2 aliphatic rings. The molecular formula is C17H20N6. The highest BCUT2D eigenvalue weighted by Gasteiger charge is 2.35. The van der Waals surface area contributed by atoms with Crippen molar-refractivity contribution >= 4 is 11.0 Å². The molecule has 6 nitrogen and oxygen atoms in total. The number of nitrogens with two attached hydrogens (primary N) is 1. The summed E-state index contributed by atoms with van der Waals surface area (Å²) >= 11 is 0. The summed E-state index contributed by atoms with van der Waals surface area (Å²) in [5, 5.41) is 10.5. The third kappa shape index (κ3) is 2.09. The van der Waals surface area contributed by atoms with E-state index in [1.54, 1.807) is 0 Å². The molecule has 0 aliphatic heterocycles. The van der Waals surface area contributed by atoms with Gasteiger partial charge >= 0.3 is 0 Å². The van der Waals surface area contributed by atoms with Crippen molar-refractivity contribution in [3.63, 3.8) is 0 Å². The summed E-state index contributed by atoms with van der Waals surface area (Å²) in [4.78, 5) is 4.50. The van der Waals surface area contributed by atoms with E-state index in [1.165, 1.54) is 18.5 Å². The van der Waals surface area contributed by atoms with Crippen LogP contribution in [-0.2, 0) is 0 Å². The number of aromatic nitrogens is 5. The molecule has 118 valence electrons. The highest BCUT2D eigenvalue weighted by molar-refractivity contribution is 5.76. The molecule has 0 aromatic carbocycles. The second-order valence-corrected chi connectivity index (χ2v) is 6.85. The fraction of sp³-hybridized carbons (Fsp3) is 0.471. The van der Waals surface area contributed by atoms with E-state index in [9.17, 15) is 0 Å². The first-order chi connectivity index (χ1) is 11.3.